The number of amides is 1. The fourth-order valence-corrected chi connectivity index (χ4v) is 3.56. The van der Waals surface area contributed by atoms with Crippen LogP contribution < -0.4 is 10.2 Å². The lowest BCUT2D eigenvalue weighted by Gasteiger charge is -2.47. The van der Waals surface area contributed by atoms with Crippen LogP contribution in [-0.2, 0) is 4.74 Å². The molecule has 0 radical (unpaired) electrons. The van der Waals surface area contributed by atoms with E-state index in [9.17, 15) is 19.5 Å². The quantitative estimate of drug-likeness (QED) is 0.844. The fourth-order valence-electron chi connectivity index (χ4n) is 3.56. The Bertz CT molecular complexity index is 740. The van der Waals surface area contributed by atoms with Crippen molar-refractivity contribution in [2.75, 3.05) is 20.8 Å². The summed E-state index contributed by atoms with van der Waals surface area (Å²) < 4.78 is 12.3. The van der Waals surface area contributed by atoms with Crippen molar-refractivity contribution in [3.8, 4) is 5.75 Å². The van der Waals surface area contributed by atoms with Crippen LogP contribution in [0.5, 0.6) is 5.75 Å². The van der Waals surface area contributed by atoms with E-state index in [4.69, 9.17) is 9.47 Å². The highest BCUT2D eigenvalue weighted by Crippen LogP contribution is 2.37. The van der Waals surface area contributed by atoms with Crippen LogP contribution in [0, 0.1) is 0 Å². The van der Waals surface area contributed by atoms with Crippen molar-refractivity contribution in [3.05, 3.63) is 27.7 Å². The van der Waals surface area contributed by atoms with Gasteiger partial charge in [0.1, 0.15) is 5.56 Å². The van der Waals surface area contributed by atoms with E-state index in [2.05, 4.69) is 0 Å². The summed E-state index contributed by atoms with van der Waals surface area (Å²) in [7, 11) is 2.92. The Labute approximate surface area is 132 Å². The van der Waals surface area contributed by atoms with E-state index in [1.807, 2.05) is 6.92 Å². The minimum atomic E-state index is -1.34. The zero-order valence-electron chi connectivity index (χ0n) is 13.1. The van der Waals surface area contributed by atoms with Gasteiger partial charge in [0.2, 0.25) is 5.43 Å². The second-order valence-electron chi connectivity index (χ2n) is 5.80. The van der Waals surface area contributed by atoms with Gasteiger partial charge in [-0.15, -0.1) is 0 Å². The van der Waals surface area contributed by atoms with Crippen LogP contribution >= 0.6 is 0 Å². The normalized spacial score (nSPS) is 26.5. The maximum absolute atomic E-state index is 12.7. The van der Waals surface area contributed by atoms with Gasteiger partial charge in [-0.3, -0.25) is 9.59 Å². The highest BCUT2D eigenvalue weighted by Gasteiger charge is 2.45. The first-order valence-electron chi connectivity index (χ1n) is 7.33. The van der Waals surface area contributed by atoms with E-state index in [0.29, 0.717) is 13.0 Å². The zero-order valence-corrected chi connectivity index (χ0v) is 13.1. The Morgan fingerprint density at radius 1 is 1.43 bits per heavy atom. The number of fused-ring (bicyclic) bond motifs is 3. The van der Waals surface area contributed by atoms with Gasteiger partial charge in [-0.05, 0) is 13.3 Å². The first kappa shape index (κ1) is 15.5. The Kier molecular flexibility index (Phi) is 3.63. The molecule has 3 atom stereocenters. The van der Waals surface area contributed by atoms with Crippen LogP contribution in [0.15, 0.2) is 11.0 Å². The molecule has 1 N–H and O–H groups in total. The summed E-state index contributed by atoms with van der Waals surface area (Å²) in [5.41, 5.74) is -1.09. The molecule has 0 spiro atoms. The summed E-state index contributed by atoms with van der Waals surface area (Å²) in [6, 6.07) is -0.387. The minimum absolute atomic E-state index is 0.0975. The van der Waals surface area contributed by atoms with Gasteiger partial charge in [0.25, 0.3) is 5.91 Å². The molecule has 1 aromatic rings. The third-order valence-electron chi connectivity index (χ3n) is 4.62. The van der Waals surface area contributed by atoms with Gasteiger partial charge in [-0.2, -0.15) is 0 Å². The third-order valence-corrected chi connectivity index (χ3v) is 4.62. The maximum atomic E-state index is 12.7. The van der Waals surface area contributed by atoms with Crippen LogP contribution in [0.1, 0.15) is 40.2 Å². The minimum Gasteiger partial charge on any atom is -0.491 e. The number of likely N-dealkylation sites (N-methyl/N-ethyl adjacent to an activating group) is 1. The van der Waals surface area contributed by atoms with Crippen LogP contribution in [0.3, 0.4) is 0 Å². The molecular formula is C15H18N2O6. The molecule has 1 aromatic heterocycles. The van der Waals surface area contributed by atoms with E-state index in [1.54, 1.807) is 16.5 Å². The molecule has 0 bridgehead atoms. The average Bonchev–Trinajstić information content (AvgIpc) is 2.51. The van der Waals surface area contributed by atoms with Gasteiger partial charge in [-0.1, -0.05) is 0 Å². The van der Waals surface area contributed by atoms with Crippen LogP contribution in [0.2, 0.25) is 0 Å². The smallest absolute Gasteiger partial charge is 0.341 e. The average molecular weight is 322 g/mol. The van der Waals surface area contributed by atoms with Crippen molar-refractivity contribution in [3.63, 3.8) is 0 Å². The molecule has 3 rings (SSSR count). The number of hydrogen-bond acceptors (Lipinski definition) is 5. The van der Waals surface area contributed by atoms with Crippen LogP contribution in [0.4, 0.5) is 0 Å². The summed E-state index contributed by atoms with van der Waals surface area (Å²) in [6.45, 7) is 2.38. The monoisotopic (exact) mass is 322 g/mol. The van der Waals surface area contributed by atoms with Crippen molar-refractivity contribution >= 4 is 11.9 Å². The number of carbonyl (C=O) groups is 2. The predicted molar refractivity (Wildman–Crippen MR) is 79.2 cm³/mol. The van der Waals surface area contributed by atoms with Gasteiger partial charge >= 0.3 is 5.97 Å². The standard InChI is InChI=1S/C15H18N2O6/c1-7-10-9(4-5-23-7)17-6-8(15(20)21)12(18)13(22-3)11(17)14(19)16(10)2/h6-7,9-10H,4-5H2,1-3H3,(H,20,21)/t7-,9?,10?/m0/s1. The number of nitrogens with zero attached hydrogens (tertiary/aromatic N) is 2. The van der Waals surface area contributed by atoms with E-state index >= 15 is 0 Å². The Hall–Kier alpha value is -2.35. The van der Waals surface area contributed by atoms with Crippen molar-refractivity contribution in [2.45, 2.75) is 31.5 Å². The number of pyridine rings is 1. The SMILES string of the molecule is COc1c2n(cc(C(=O)O)c1=O)C1CCO[C@@H](C)C1N(C)C2=O. The number of aromatic carboxylic acids is 1. The van der Waals surface area contributed by atoms with E-state index in [0.717, 1.165) is 0 Å². The first-order chi connectivity index (χ1) is 10.9. The molecule has 2 aliphatic heterocycles. The Balaban J connectivity index is 2.30. The van der Waals surface area contributed by atoms with Gasteiger partial charge < -0.3 is 24.0 Å². The second kappa shape index (κ2) is 5.38. The number of aromatic nitrogens is 1. The molecule has 1 amide bonds. The number of rotatable bonds is 2. The molecule has 3 heterocycles. The van der Waals surface area contributed by atoms with Gasteiger partial charge in [0, 0.05) is 19.9 Å². The molecule has 2 unspecified atom stereocenters. The lowest BCUT2D eigenvalue weighted by atomic mass is 9.92. The van der Waals surface area contributed by atoms with Crippen LogP contribution in [-0.4, -0.2) is 59.4 Å². The van der Waals surface area contributed by atoms with Gasteiger partial charge in [0.05, 0.1) is 25.3 Å². The number of carboxylic acids is 1. The van der Waals surface area contributed by atoms with Crippen molar-refractivity contribution in [1.82, 2.24) is 9.47 Å². The third kappa shape index (κ3) is 2.13. The Morgan fingerprint density at radius 3 is 2.74 bits per heavy atom. The summed E-state index contributed by atoms with van der Waals surface area (Å²) in [5, 5.41) is 9.26. The van der Waals surface area contributed by atoms with Crippen LogP contribution in [0.25, 0.3) is 0 Å². The van der Waals surface area contributed by atoms with Crippen molar-refractivity contribution in [2.24, 2.45) is 0 Å². The summed E-state index contributed by atoms with van der Waals surface area (Å²) in [4.78, 5) is 37.9. The maximum Gasteiger partial charge on any atom is 0.341 e. The van der Waals surface area contributed by atoms with Crippen molar-refractivity contribution in [1.29, 1.82) is 0 Å². The molecule has 8 nitrogen and oxygen atoms in total. The molecule has 0 saturated carbocycles. The molecule has 8 heteroatoms. The summed E-state index contributed by atoms with van der Waals surface area (Å²) in [5.74, 6) is -1.94. The lowest BCUT2D eigenvalue weighted by Crippen LogP contribution is -2.57. The topological polar surface area (TPSA) is 98.1 Å². The number of ether oxygens (including phenoxy) is 2. The summed E-state index contributed by atoms with van der Waals surface area (Å²) >= 11 is 0. The van der Waals surface area contributed by atoms with Gasteiger partial charge in [0.15, 0.2) is 11.4 Å². The zero-order chi connectivity index (χ0) is 16.9. The summed E-state index contributed by atoms with van der Waals surface area (Å²) in [6.07, 6.45) is 1.68. The molecule has 124 valence electrons. The first-order valence-corrected chi connectivity index (χ1v) is 7.33. The molecule has 2 aliphatic rings. The Morgan fingerprint density at radius 2 is 2.13 bits per heavy atom. The predicted octanol–water partition coefficient (Wildman–Crippen LogP) is 0.359. The van der Waals surface area contributed by atoms with E-state index < -0.39 is 17.0 Å². The van der Waals surface area contributed by atoms with Crippen molar-refractivity contribution < 1.29 is 24.2 Å². The molecule has 1 fully saturated rings. The van der Waals surface area contributed by atoms with E-state index in [1.165, 1.54) is 13.3 Å². The second-order valence-corrected chi connectivity index (χ2v) is 5.80. The number of carbonyl (C=O) groups excluding carboxylic acids is 1. The number of carboxylic acid groups (broad SMARTS) is 1. The molecule has 0 aliphatic carbocycles. The molecule has 0 aromatic carbocycles. The lowest BCUT2D eigenvalue weighted by molar-refractivity contribution is -0.0599. The number of hydrogen-bond donors (Lipinski definition) is 1. The van der Waals surface area contributed by atoms with E-state index in [-0.39, 0.29) is 35.5 Å². The fraction of sp³-hybridized carbons (Fsp3) is 0.533. The highest BCUT2D eigenvalue weighted by atomic mass is 16.5. The molecule has 23 heavy (non-hydrogen) atoms. The van der Waals surface area contributed by atoms with Gasteiger partial charge in [-0.25, -0.2) is 4.79 Å². The molecular weight excluding hydrogens is 304 g/mol. The number of methoxy groups -OCH3 is 1. The largest absolute Gasteiger partial charge is 0.491 e. The highest BCUT2D eigenvalue weighted by molar-refractivity contribution is 5.98. The molecule has 1 saturated heterocycles.